The van der Waals surface area contributed by atoms with Crippen molar-refractivity contribution in [2.24, 2.45) is 7.05 Å². The molecule has 2 heterocycles. The van der Waals surface area contributed by atoms with E-state index in [4.69, 9.17) is 14.6 Å². The Morgan fingerprint density at radius 1 is 1.37 bits per heavy atom. The molecule has 0 aliphatic heterocycles. The van der Waals surface area contributed by atoms with Crippen molar-refractivity contribution >= 4 is 22.9 Å². The summed E-state index contributed by atoms with van der Waals surface area (Å²) < 4.78 is 14.8. The van der Waals surface area contributed by atoms with Gasteiger partial charge in [-0.25, -0.2) is 4.79 Å². The van der Waals surface area contributed by atoms with Gasteiger partial charge in [0.15, 0.2) is 0 Å². The Kier molecular flexibility index (Phi) is 5.32. The zero-order chi connectivity index (χ0) is 19.6. The number of rotatable bonds is 7. The minimum absolute atomic E-state index is 0.0659. The van der Waals surface area contributed by atoms with Crippen molar-refractivity contribution in [1.82, 2.24) is 14.3 Å². The number of carboxylic acid groups (broad SMARTS) is 1. The first-order chi connectivity index (χ1) is 12.9. The van der Waals surface area contributed by atoms with Crippen LogP contribution in [0.5, 0.6) is 5.75 Å². The molecule has 0 fully saturated rings. The highest BCUT2D eigenvalue weighted by Crippen LogP contribution is 2.28. The maximum Gasteiger partial charge on any atom is 0.328 e. The third kappa shape index (κ3) is 3.88. The molecule has 2 aromatic heterocycles. The molecular formula is C20H23N3O4. The lowest BCUT2D eigenvalue weighted by molar-refractivity contribution is -0.131. The highest BCUT2D eigenvalue weighted by atomic mass is 16.5. The second kappa shape index (κ2) is 7.67. The molecule has 3 aromatic rings. The Morgan fingerprint density at radius 2 is 2.15 bits per heavy atom. The Hall–Kier alpha value is -3.06. The van der Waals surface area contributed by atoms with Gasteiger partial charge in [0.2, 0.25) is 0 Å². The number of aliphatic carboxylic acids is 1. The molecule has 0 saturated carbocycles. The number of hydrogen-bond donors (Lipinski definition) is 1. The molecule has 1 N–H and O–H groups in total. The monoisotopic (exact) mass is 369 g/mol. The zero-order valence-electron chi connectivity index (χ0n) is 15.8. The molecular weight excluding hydrogens is 346 g/mol. The summed E-state index contributed by atoms with van der Waals surface area (Å²) in [6, 6.07) is 7.90. The minimum Gasteiger partial charge on any atom is -0.488 e. The molecule has 0 aliphatic rings. The van der Waals surface area contributed by atoms with Gasteiger partial charge in [-0.2, -0.15) is 5.10 Å². The van der Waals surface area contributed by atoms with E-state index in [1.54, 1.807) is 17.9 Å². The fourth-order valence-electron chi connectivity index (χ4n) is 3.17. The van der Waals surface area contributed by atoms with Crippen molar-refractivity contribution in [1.29, 1.82) is 0 Å². The van der Waals surface area contributed by atoms with E-state index < -0.39 is 5.97 Å². The van der Waals surface area contributed by atoms with E-state index in [9.17, 15) is 4.79 Å². The molecule has 1 atom stereocenters. The van der Waals surface area contributed by atoms with Crippen LogP contribution in [0, 0.1) is 6.92 Å². The first-order valence-corrected chi connectivity index (χ1v) is 8.62. The van der Waals surface area contributed by atoms with Crippen molar-refractivity contribution in [2.75, 3.05) is 13.7 Å². The molecule has 1 aromatic carbocycles. The summed E-state index contributed by atoms with van der Waals surface area (Å²) in [4.78, 5) is 11.0. The molecule has 7 nitrogen and oxygen atoms in total. The smallest absolute Gasteiger partial charge is 0.328 e. The van der Waals surface area contributed by atoms with Crippen molar-refractivity contribution in [3.63, 3.8) is 0 Å². The Morgan fingerprint density at radius 3 is 2.85 bits per heavy atom. The van der Waals surface area contributed by atoms with Crippen molar-refractivity contribution < 1.29 is 19.4 Å². The highest BCUT2D eigenvalue weighted by Gasteiger charge is 2.16. The number of aryl methyl sites for hydroxylation is 2. The fourth-order valence-corrected chi connectivity index (χ4v) is 3.17. The predicted octanol–water partition coefficient (Wildman–Crippen LogP) is 3.18. The number of nitrogens with zero attached hydrogens (tertiary/aromatic N) is 3. The topological polar surface area (TPSA) is 78.5 Å². The third-order valence-electron chi connectivity index (χ3n) is 4.26. The SMILES string of the molecule is COCC(C)Oc1ccc2ccn(-c3c(/C=C/C(=O)O)c(C)nn3C)c2c1. The number of aromatic nitrogens is 3. The second-order valence-electron chi connectivity index (χ2n) is 6.41. The summed E-state index contributed by atoms with van der Waals surface area (Å²) in [5.74, 6) is 0.542. The number of carboxylic acids is 1. The average Bonchev–Trinajstić information content (AvgIpc) is 3.12. The molecule has 27 heavy (non-hydrogen) atoms. The van der Waals surface area contributed by atoms with Crippen LogP contribution in [-0.2, 0) is 16.6 Å². The van der Waals surface area contributed by atoms with Gasteiger partial charge in [-0.05, 0) is 38.1 Å². The zero-order valence-corrected chi connectivity index (χ0v) is 15.8. The summed E-state index contributed by atoms with van der Waals surface area (Å²) in [6.07, 6.45) is 4.58. The molecule has 0 saturated heterocycles. The molecule has 7 heteroatoms. The van der Waals surface area contributed by atoms with E-state index in [2.05, 4.69) is 5.10 Å². The van der Waals surface area contributed by atoms with Gasteiger partial charge in [-0.1, -0.05) is 0 Å². The van der Waals surface area contributed by atoms with Gasteiger partial charge < -0.3 is 19.1 Å². The molecule has 0 aliphatic carbocycles. The van der Waals surface area contributed by atoms with Crippen LogP contribution in [0.3, 0.4) is 0 Å². The summed E-state index contributed by atoms with van der Waals surface area (Å²) >= 11 is 0. The van der Waals surface area contributed by atoms with E-state index in [1.807, 2.05) is 55.9 Å². The Bertz CT molecular complexity index is 1000. The van der Waals surface area contributed by atoms with Crippen LogP contribution in [0.1, 0.15) is 18.2 Å². The molecule has 0 spiro atoms. The van der Waals surface area contributed by atoms with Crippen LogP contribution in [0.4, 0.5) is 0 Å². The van der Waals surface area contributed by atoms with Crippen LogP contribution >= 0.6 is 0 Å². The standard InChI is InChI=1S/C20H23N3O4/c1-13(12-26-4)27-16-6-5-15-9-10-23(18(15)11-16)20-17(7-8-19(24)25)14(2)21-22(20)3/h5-11,13H,12H2,1-4H3,(H,24,25)/b8-7+. The van der Waals surface area contributed by atoms with Gasteiger partial charge in [0.25, 0.3) is 0 Å². The third-order valence-corrected chi connectivity index (χ3v) is 4.26. The predicted molar refractivity (Wildman–Crippen MR) is 103 cm³/mol. The van der Waals surface area contributed by atoms with Gasteiger partial charge in [-0.15, -0.1) is 0 Å². The molecule has 0 radical (unpaired) electrons. The number of ether oxygens (including phenoxy) is 2. The quantitative estimate of drug-likeness (QED) is 0.647. The van der Waals surface area contributed by atoms with Crippen molar-refractivity contribution in [2.45, 2.75) is 20.0 Å². The molecule has 3 rings (SSSR count). The lowest BCUT2D eigenvalue weighted by atomic mass is 10.2. The maximum atomic E-state index is 11.0. The summed E-state index contributed by atoms with van der Waals surface area (Å²) in [6.45, 7) is 4.31. The van der Waals surface area contributed by atoms with Crippen LogP contribution < -0.4 is 4.74 Å². The van der Waals surface area contributed by atoms with E-state index >= 15 is 0 Å². The number of carbonyl (C=O) groups is 1. The van der Waals surface area contributed by atoms with Crippen LogP contribution in [0.15, 0.2) is 36.5 Å². The number of hydrogen-bond acceptors (Lipinski definition) is 4. The second-order valence-corrected chi connectivity index (χ2v) is 6.41. The lowest BCUT2D eigenvalue weighted by Crippen LogP contribution is -2.17. The lowest BCUT2D eigenvalue weighted by Gasteiger charge is -2.14. The first-order valence-electron chi connectivity index (χ1n) is 8.62. The van der Waals surface area contributed by atoms with Gasteiger partial charge in [-0.3, -0.25) is 4.68 Å². The Labute approximate surface area is 157 Å². The summed E-state index contributed by atoms with van der Waals surface area (Å²) in [5.41, 5.74) is 2.47. The fraction of sp³-hybridized carbons (Fsp3) is 0.300. The van der Waals surface area contributed by atoms with Gasteiger partial charge >= 0.3 is 5.97 Å². The molecule has 1 unspecified atom stereocenters. The largest absolute Gasteiger partial charge is 0.488 e. The average molecular weight is 369 g/mol. The van der Waals surface area contributed by atoms with E-state index in [1.165, 1.54) is 0 Å². The van der Waals surface area contributed by atoms with E-state index in [0.717, 1.165) is 39.8 Å². The van der Waals surface area contributed by atoms with Gasteiger partial charge in [0.1, 0.15) is 17.7 Å². The molecule has 142 valence electrons. The molecule has 0 amide bonds. The highest BCUT2D eigenvalue weighted by molar-refractivity contribution is 5.87. The van der Waals surface area contributed by atoms with Gasteiger partial charge in [0.05, 0.1) is 17.8 Å². The number of methoxy groups -OCH3 is 1. The van der Waals surface area contributed by atoms with Crippen molar-refractivity contribution in [3.05, 3.63) is 47.8 Å². The number of fused-ring (bicyclic) bond motifs is 1. The summed E-state index contributed by atoms with van der Waals surface area (Å²) in [5, 5.41) is 14.5. The first kappa shape index (κ1) is 18.7. The van der Waals surface area contributed by atoms with Crippen LogP contribution in [-0.4, -0.2) is 45.2 Å². The van der Waals surface area contributed by atoms with Crippen LogP contribution in [0.25, 0.3) is 22.8 Å². The molecule has 0 bridgehead atoms. The maximum absolute atomic E-state index is 11.0. The summed E-state index contributed by atoms with van der Waals surface area (Å²) in [7, 11) is 3.48. The van der Waals surface area contributed by atoms with Gasteiger partial charge in [0, 0.05) is 43.4 Å². The normalized spacial score (nSPS) is 12.7. The minimum atomic E-state index is -0.996. The van der Waals surface area contributed by atoms with E-state index in [0.29, 0.717) is 6.61 Å². The van der Waals surface area contributed by atoms with Crippen LogP contribution in [0.2, 0.25) is 0 Å². The van der Waals surface area contributed by atoms with Crippen molar-refractivity contribution in [3.8, 4) is 11.6 Å². The van der Waals surface area contributed by atoms with E-state index in [-0.39, 0.29) is 6.10 Å². The number of benzene rings is 1. The Balaban J connectivity index is 2.08.